The predicted octanol–water partition coefficient (Wildman–Crippen LogP) is 3.24. The van der Waals surface area contributed by atoms with Crippen LogP contribution >= 0.6 is 0 Å². The first-order valence-electron chi connectivity index (χ1n) is 4.52. The monoisotopic (exact) mass is 180 g/mol. The van der Waals surface area contributed by atoms with Crippen molar-refractivity contribution < 1.29 is 13.5 Å². The van der Waals surface area contributed by atoms with Crippen molar-refractivity contribution in [2.75, 3.05) is 6.61 Å². The van der Waals surface area contributed by atoms with E-state index in [1.54, 1.807) is 0 Å². The van der Waals surface area contributed by atoms with Gasteiger partial charge < -0.3 is 4.74 Å². The Labute approximate surface area is 73.1 Å². The molecule has 74 valence electrons. The lowest BCUT2D eigenvalue weighted by Crippen LogP contribution is -2.03. The van der Waals surface area contributed by atoms with E-state index in [1.165, 1.54) is 0 Å². The fourth-order valence-corrected chi connectivity index (χ4v) is 0.897. The van der Waals surface area contributed by atoms with Gasteiger partial charge in [-0.05, 0) is 26.7 Å². The van der Waals surface area contributed by atoms with E-state index < -0.39 is 6.43 Å². The van der Waals surface area contributed by atoms with Crippen LogP contribution in [0.25, 0.3) is 0 Å². The Kier molecular flexibility index (Phi) is 7.36. The molecule has 0 aromatic heterocycles. The molecule has 12 heavy (non-hydrogen) atoms. The third-order valence-electron chi connectivity index (χ3n) is 1.52. The second-order valence-electron chi connectivity index (χ2n) is 3.16. The molecule has 0 saturated carbocycles. The molecule has 0 aliphatic heterocycles. The first kappa shape index (κ1) is 11.8. The van der Waals surface area contributed by atoms with Crippen LogP contribution in [0, 0.1) is 0 Å². The van der Waals surface area contributed by atoms with Crippen molar-refractivity contribution in [2.24, 2.45) is 0 Å². The Morgan fingerprint density at radius 3 is 2.25 bits per heavy atom. The summed E-state index contributed by atoms with van der Waals surface area (Å²) >= 11 is 0. The number of hydrogen-bond acceptors (Lipinski definition) is 1. The minimum absolute atomic E-state index is 0.0294. The predicted molar refractivity (Wildman–Crippen MR) is 45.6 cm³/mol. The van der Waals surface area contributed by atoms with E-state index in [1.807, 2.05) is 13.8 Å². The van der Waals surface area contributed by atoms with Gasteiger partial charge in [-0.3, -0.25) is 0 Å². The van der Waals surface area contributed by atoms with Gasteiger partial charge in [-0.15, -0.1) is 0 Å². The lowest BCUT2D eigenvalue weighted by Gasteiger charge is -2.06. The summed E-state index contributed by atoms with van der Waals surface area (Å²) in [5, 5.41) is 0. The SMILES string of the molecule is CC(C)OCCCCCC(F)F. The van der Waals surface area contributed by atoms with E-state index in [4.69, 9.17) is 4.74 Å². The zero-order valence-corrected chi connectivity index (χ0v) is 7.85. The Balaban J connectivity index is 2.91. The second-order valence-corrected chi connectivity index (χ2v) is 3.16. The molecule has 0 atom stereocenters. The average Bonchev–Trinajstić information content (AvgIpc) is 1.95. The molecule has 0 aliphatic carbocycles. The highest BCUT2D eigenvalue weighted by Crippen LogP contribution is 2.07. The highest BCUT2D eigenvalue weighted by Gasteiger charge is 2.00. The zero-order chi connectivity index (χ0) is 9.40. The van der Waals surface area contributed by atoms with E-state index in [0.717, 1.165) is 12.8 Å². The summed E-state index contributed by atoms with van der Waals surface area (Å²) in [5.41, 5.74) is 0. The number of unbranched alkanes of at least 4 members (excludes halogenated alkanes) is 2. The van der Waals surface area contributed by atoms with Crippen LogP contribution in [-0.4, -0.2) is 19.1 Å². The molecule has 0 aromatic rings. The number of rotatable bonds is 7. The molecule has 0 bridgehead atoms. The molecule has 0 spiro atoms. The van der Waals surface area contributed by atoms with Crippen LogP contribution in [0.3, 0.4) is 0 Å². The molecule has 0 amide bonds. The van der Waals surface area contributed by atoms with Crippen LogP contribution in [-0.2, 0) is 4.74 Å². The van der Waals surface area contributed by atoms with Gasteiger partial charge in [0.05, 0.1) is 6.10 Å². The molecular weight excluding hydrogens is 162 g/mol. The maximum absolute atomic E-state index is 11.6. The van der Waals surface area contributed by atoms with Crippen molar-refractivity contribution in [3.63, 3.8) is 0 Å². The Hall–Kier alpha value is -0.180. The van der Waals surface area contributed by atoms with E-state index in [-0.39, 0.29) is 12.5 Å². The largest absolute Gasteiger partial charge is 0.379 e. The fraction of sp³-hybridized carbons (Fsp3) is 1.00. The van der Waals surface area contributed by atoms with Gasteiger partial charge in [0.2, 0.25) is 6.43 Å². The van der Waals surface area contributed by atoms with Crippen LogP contribution in [0.2, 0.25) is 0 Å². The van der Waals surface area contributed by atoms with Gasteiger partial charge in [0.15, 0.2) is 0 Å². The topological polar surface area (TPSA) is 9.23 Å². The van der Waals surface area contributed by atoms with Crippen molar-refractivity contribution in [1.82, 2.24) is 0 Å². The Bertz CT molecular complexity index is 82.5. The van der Waals surface area contributed by atoms with Gasteiger partial charge in [0.1, 0.15) is 0 Å². The van der Waals surface area contributed by atoms with Gasteiger partial charge in [-0.25, -0.2) is 8.78 Å². The second kappa shape index (κ2) is 7.47. The Morgan fingerprint density at radius 2 is 1.75 bits per heavy atom. The van der Waals surface area contributed by atoms with E-state index in [9.17, 15) is 8.78 Å². The minimum Gasteiger partial charge on any atom is -0.379 e. The molecule has 0 aromatic carbocycles. The highest BCUT2D eigenvalue weighted by atomic mass is 19.3. The molecular formula is C9H18F2O. The Morgan fingerprint density at radius 1 is 1.08 bits per heavy atom. The quantitative estimate of drug-likeness (QED) is 0.546. The van der Waals surface area contributed by atoms with Crippen LogP contribution in [0.5, 0.6) is 0 Å². The van der Waals surface area contributed by atoms with Crippen molar-refractivity contribution in [3.05, 3.63) is 0 Å². The van der Waals surface area contributed by atoms with Crippen LogP contribution in [0.15, 0.2) is 0 Å². The van der Waals surface area contributed by atoms with Gasteiger partial charge in [0, 0.05) is 13.0 Å². The average molecular weight is 180 g/mol. The van der Waals surface area contributed by atoms with Crippen molar-refractivity contribution >= 4 is 0 Å². The number of ether oxygens (including phenoxy) is 1. The first-order chi connectivity index (χ1) is 5.63. The molecule has 0 unspecified atom stereocenters. The molecule has 0 saturated heterocycles. The van der Waals surface area contributed by atoms with E-state index >= 15 is 0 Å². The molecule has 3 heteroatoms. The summed E-state index contributed by atoms with van der Waals surface area (Å²) in [7, 11) is 0. The fourth-order valence-electron chi connectivity index (χ4n) is 0.897. The van der Waals surface area contributed by atoms with Gasteiger partial charge in [-0.2, -0.15) is 0 Å². The summed E-state index contributed by atoms with van der Waals surface area (Å²) in [4.78, 5) is 0. The summed E-state index contributed by atoms with van der Waals surface area (Å²) in [6, 6.07) is 0. The molecule has 0 fully saturated rings. The normalized spacial score (nSPS) is 11.5. The molecule has 0 heterocycles. The standard InChI is InChI=1S/C9H18F2O/c1-8(2)12-7-5-3-4-6-9(10)11/h8-9H,3-7H2,1-2H3. The lowest BCUT2D eigenvalue weighted by atomic mass is 10.2. The molecule has 0 aliphatic rings. The van der Waals surface area contributed by atoms with Crippen molar-refractivity contribution in [1.29, 1.82) is 0 Å². The van der Waals surface area contributed by atoms with Gasteiger partial charge >= 0.3 is 0 Å². The minimum atomic E-state index is -2.14. The maximum atomic E-state index is 11.6. The van der Waals surface area contributed by atoms with E-state index in [2.05, 4.69) is 0 Å². The number of alkyl halides is 2. The summed E-state index contributed by atoms with van der Waals surface area (Å²) in [5.74, 6) is 0. The number of halogens is 2. The van der Waals surface area contributed by atoms with Gasteiger partial charge in [-0.1, -0.05) is 6.42 Å². The molecule has 1 nitrogen and oxygen atoms in total. The third kappa shape index (κ3) is 9.82. The zero-order valence-electron chi connectivity index (χ0n) is 7.85. The molecule has 0 radical (unpaired) electrons. The smallest absolute Gasteiger partial charge is 0.238 e. The maximum Gasteiger partial charge on any atom is 0.238 e. The number of hydrogen-bond donors (Lipinski definition) is 0. The van der Waals surface area contributed by atoms with Crippen LogP contribution in [0.1, 0.15) is 39.5 Å². The van der Waals surface area contributed by atoms with Crippen molar-refractivity contribution in [3.8, 4) is 0 Å². The van der Waals surface area contributed by atoms with Crippen LogP contribution in [0.4, 0.5) is 8.78 Å². The third-order valence-corrected chi connectivity index (χ3v) is 1.52. The van der Waals surface area contributed by atoms with Crippen molar-refractivity contribution in [2.45, 2.75) is 52.1 Å². The van der Waals surface area contributed by atoms with Gasteiger partial charge in [0.25, 0.3) is 0 Å². The lowest BCUT2D eigenvalue weighted by molar-refractivity contribution is 0.0739. The summed E-state index contributed by atoms with van der Waals surface area (Å²) < 4.78 is 28.5. The summed E-state index contributed by atoms with van der Waals surface area (Å²) in [6.07, 6.45) is 0.485. The summed E-state index contributed by atoms with van der Waals surface area (Å²) in [6.45, 7) is 4.64. The molecule has 0 N–H and O–H groups in total. The highest BCUT2D eigenvalue weighted by molar-refractivity contribution is 4.45. The molecule has 0 rings (SSSR count). The first-order valence-corrected chi connectivity index (χ1v) is 4.52. The van der Waals surface area contributed by atoms with Crippen LogP contribution < -0.4 is 0 Å². The van der Waals surface area contributed by atoms with E-state index in [0.29, 0.717) is 13.0 Å².